The standard InChI is InChI=1S/C17H18N4S/c1-12-19-15-10-14(20-17(22)18-2)8-9-16(15)21(12)11-13-6-4-3-5-7-13/h3-10H,11H2,1-2H3,(H2,18,20,22). The highest BCUT2D eigenvalue weighted by Crippen LogP contribution is 2.21. The minimum atomic E-state index is 0.597. The van der Waals surface area contributed by atoms with Gasteiger partial charge in [0.15, 0.2) is 5.11 Å². The van der Waals surface area contributed by atoms with Crippen LogP contribution in [0, 0.1) is 6.92 Å². The van der Waals surface area contributed by atoms with Crippen molar-refractivity contribution in [2.75, 3.05) is 12.4 Å². The molecule has 0 spiro atoms. The van der Waals surface area contributed by atoms with Crippen LogP contribution in [0.1, 0.15) is 11.4 Å². The first kappa shape index (κ1) is 14.5. The second-order valence-electron chi connectivity index (χ2n) is 5.14. The van der Waals surface area contributed by atoms with E-state index in [1.165, 1.54) is 5.56 Å². The number of nitrogens with one attached hydrogen (secondary N) is 2. The van der Waals surface area contributed by atoms with Gasteiger partial charge in [-0.15, -0.1) is 0 Å². The molecule has 1 aromatic heterocycles. The molecule has 0 aliphatic rings. The molecule has 0 radical (unpaired) electrons. The molecule has 0 aliphatic heterocycles. The molecule has 0 bridgehead atoms. The lowest BCUT2D eigenvalue weighted by Crippen LogP contribution is -2.23. The highest BCUT2D eigenvalue weighted by Gasteiger charge is 2.09. The molecular formula is C17H18N4S. The van der Waals surface area contributed by atoms with Crippen molar-refractivity contribution < 1.29 is 0 Å². The van der Waals surface area contributed by atoms with Gasteiger partial charge in [-0.25, -0.2) is 4.98 Å². The van der Waals surface area contributed by atoms with Crippen molar-refractivity contribution in [3.63, 3.8) is 0 Å². The van der Waals surface area contributed by atoms with Gasteiger partial charge >= 0.3 is 0 Å². The van der Waals surface area contributed by atoms with Gasteiger partial charge in [0, 0.05) is 19.3 Å². The highest BCUT2D eigenvalue weighted by molar-refractivity contribution is 7.80. The van der Waals surface area contributed by atoms with Crippen LogP contribution in [0.2, 0.25) is 0 Å². The topological polar surface area (TPSA) is 41.9 Å². The summed E-state index contributed by atoms with van der Waals surface area (Å²) in [6, 6.07) is 16.5. The van der Waals surface area contributed by atoms with Gasteiger partial charge in [-0.3, -0.25) is 0 Å². The summed E-state index contributed by atoms with van der Waals surface area (Å²) < 4.78 is 2.23. The van der Waals surface area contributed by atoms with Crippen molar-refractivity contribution in [3.8, 4) is 0 Å². The smallest absolute Gasteiger partial charge is 0.170 e. The predicted octanol–water partition coefficient (Wildman–Crippen LogP) is 3.31. The molecule has 2 N–H and O–H groups in total. The maximum absolute atomic E-state index is 5.13. The first-order valence-corrected chi connectivity index (χ1v) is 7.58. The Kier molecular flexibility index (Phi) is 4.06. The van der Waals surface area contributed by atoms with Crippen LogP contribution in [0.5, 0.6) is 0 Å². The fourth-order valence-electron chi connectivity index (χ4n) is 2.49. The van der Waals surface area contributed by atoms with Crippen molar-refractivity contribution in [3.05, 3.63) is 59.9 Å². The Bertz CT molecular complexity index is 808. The molecule has 22 heavy (non-hydrogen) atoms. The van der Waals surface area contributed by atoms with Crippen LogP contribution < -0.4 is 10.6 Å². The molecular weight excluding hydrogens is 292 g/mol. The van der Waals surface area contributed by atoms with Crippen LogP contribution in [-0.2, 0) is 6.54 Å². The predicted molar refractivity (Wildman–Crippen MR) is 95.3 cm³/mol. The van der Waals surface area contributed by atoms with Gasteiger partial charge < -0.3 is 15.2 Å². The molecule has 0 aliphatic carbocycles. The maximum atomic E-state index is 5.13. The minimum absolute atomic E-state index is 0.597. The Morgan fingerprint density at radius 2 is 1.95 bits per heavy atom. The average molecular weight is 310 g/mol. The number of anilines is 1. The Balaban J connectivity index is 1.95. The fraction of sp³-hybridized carbons (Fsp3) is 0.176. The molecule has 3 rings (SSSR count). The molecule has 1 heterocycles. The van der Waals surface area contributed by atoms with Gasteiger partial charge in [0.25, 0.3) is 0 Å². The summed E-state index contributed by atoms with van der Waals surface area (Å²) in [7, 11) is 1.80. The van der Waals surface area contributed by atoms with Crippen molar-refractivity contribution in [2.24, 2.45) is 0 Å². The average Bonchev–Trinajstić information content (AvgIpc) is 2.83. The summed E-state index contributed by atoms with van der Waals surface area (Å²) in [5, 5.41) is 6.64. The number of hydrogen-bond donors (Lipinski definition) is 2. The maximum Gasteiger partial charge on any atom is 0.170 e. The molecule has 2 aromatic carbocycles. The van der Waals surface area contributed by atoms with Gasteiger partial charge in [-0.05, 0) is 42.9 Å². The van der Waals surface area contributed by atoms with Crippen LogP contribution in [0.4, 0.5) is 5.69 Å². The third-order valence-electron chi connectivity index (χ3n) is 3.61. The van der Waals surface area contributed by atoms with Gasteiger partial charge in [0.1, 0.15) is 5.82 Å². The Hall–Kier alpha value is -2.40. The van der Waals surface area contributed by atoms with Crippen molar-refractivity contribution in [2.45, 2.75) is 13.5 Å². The van der Waals surface area contributed by atoms with Crippen molar-refractivity contribution in [1.82, 2.24) is 14.9 Å². The molecule has 5 heteroatoms. The molecule has 0 saturated heterocycles. The first-order valence-electron chi connectivity index (χ1n) is 7.17. The van der Waals surface area contributed by atoms with E-state index in [4.69, 9.17) is 12.2 Å². The van der Waals surface area contributed by atoms with E-state index in [1.807, 2.05) is 25.1 Å². The lowest BCUT2D eigenvalue weighted by Gasteiger charge is -2.09. The highest BCUT2D eigenvalue weighted by atomic mass is 32.1. The molecule has 0 atom stereocenters. The third-order valence-corrected chi connectivity index (χ3v) is 3.91. The van der Waals surface area contributed by atoms with Gasteiger partial charge in [-0.2, -0.15) is 0 Å². The third kappa shape index (κ3) is 2.94. The second kappa shape index (κ2) is 6.15. The van der Waals surface area contributed by atoms with Gasteiger partial charge in [0.05, 0.1) is 11.0 Å². The summed E-state index contributed by atoms with van der Waals surface area (Å²) in [5.41, 5.74) is 4.30. The van der Waals surface area contributed by atoms with E-state index < -0.39 is 0 Å². The van der Waals surface area contributed by atoms with E-state index in [0.717, 1.165) is 29.1 Å². The first-order chi connectivity index (χ1) is 10.7. The summed E-state index contributed by atoms with van der Waals surface area (Å²) in [4.78, 5) is 4.66. The minimum Gasteiger partial charge on any atom is -0.366 e. The number of benzene rings is 2. The quantitative estimate of drug-likeness (QED) is 0.728. The molecule has 0 amide bonds. The Morgan fingerprint density at radius 1 is 1.18 bits per heavy atom. The number of imidazole rings is 1. The van der Waals surface area contributed by atoms with E-state index in [2.05, 4.69) is 50.5 Å². The van der Waals surface area contributed by atoms with Crippen molar-refractivity contribution >= 4 is 34.1 Å². The molecule has 3 aromatic rings. The zero-order chi connectivity index (χ0) is 15.5. The second-order valence-corrected chi connectivity index (χ2v) is 5.55. The number of hydrogen-bond acceptors (Lipinski definition) is 2. The van der Waals surface area contributed by atoms with E-state index >= 15 is 0 Å². The van der Waals surface area contributed by atoms with Crippen LogP contribution in [-0.4, -0.2) is 21.7 Å². The van der Waals surface area contributed by atoms with Crippen LogP contribution in [0.3, 0.4) is 0 Å². The number of thiocarbonyl (C=S) groups is 1. The largest absolute Gasteiger partial charge is 0.366 e. The number of nitrogens with zero attached hydrogens (tertiary/aromatic N) is 2. The summed E-state index contributed by atoms with van der Waals surface area (Å²) >= 11 is 5.13. The normalized spacial score (nSPS) is 10.6. The van der Waals surface area contributed by atoms with E-state index in [-0.39, 0.29) is 0 Å². The monoisotopic (exact) mass is 310 g/mol. The van der Waals surface area contributed by atoms with Crippen LogP contribution in [0.25, 0.3) is 11.0 Å². The Labute approximate surface area is 135 Å². The molecule has 0 fully saturated rings. The lowest BCUT2D eigenvalue weighted by molar-refractivity contribution is 0.786. The number of aryl methyl sites for hydroxylation is 1. The van der Waals surface area contributed by atoms with Gasteiger partial charge in [0.2, 0.25) is 0 Å². The molecule has 0 saturated carbocycles. The van der Waals surface area contributed by atoms with Crippen molar-refractivity contribution in [1.29, 1.82) is 0 Å². The summed E-state index contributed by atoms with van der Waals surface area (Å²) in [6.45, 7) is 2.86. The lowest BCUT2D eigenvalue weighted by atomic mass is 10.2. The number of rotatable bonds is 3. The molecule has 112 valence electrons. The SMILES string of the molecule is CNC(=S)Nc1ccc2c(c1)nc(C)n2Cc1ccccc1. The summed E-state index contributed by atoms with van der Waals surface area (Å²) in [5.74, 6) is 1.01. The number of fused-ring (bicyclic) bond motifs is 1. The van der Waals surface area contributed by atoms with E-state index in [1.54, 1.807) is 7.05 Å². The zero-order valence-corrected chi connectivity index (χ0v) is 13.4. The summed E-state index contributed by atoms with van der Waals surface area (Å²) in [6.07, 6.45) is 0. The van der Waals surface area contributed by atoms with Gasteiger partial charge in [-0.1, -0.05) is 30.3 Å². The molecule has 0 unspecified atom stereocenters. The Morgan fingerprint density at radius 3 is 2.68 bits per heavy atom. The molecule has 4 nitrogen and oxygen atoms in total. The zero-order valence-electron chi connectivity index (χ0n) is 12.6. The van der Waals surface area contributed by atoms with E-state index in [9.17, 15) is 0 Å². The number of aromatic nitrogens is 2. The fourth-order valence-corrected chi connectivity index (χ4v) is 2.61. The van der Waals surface area contributed by atoms with Crippen LogP contribution >= 0.6 is 12.2 Å². The van der Waals surface area contributed by atoms with E-state index in [0.29, 0.717) is 5.11 Å². The van der Waals surface area contributed by atoms with Crippen LogP contribution in [0.15, 0.2) is 48.5 Å².